The first-order valence-electron chi connectivity index (χ1n) is 6.70. The average Bonchev–Trinajstić information content (AvgIpc) is 2.50. The topological polar surface area (TPSA) is 44.5 Å². The van der Waals surface area contributed by atoms with Crippen LogP contribution in [0.2, 0.25) is 0 Å². The van der Waals surface area contributed by atoms with Crippen LogP contribution in [0.25, 0.3) is 0 Å². The number of nitrogens with two attached hydrogens (primary N) is 1. The minimum atomic E-state index is -0.635. The summed E-state index contributed by atoms with van der Waals surface area (Å²) in [5, 5.41) is 0. The van der Waals surface area contributed by atoms with Crippen molar-refractivity contribution in [3.8, 4) is 0 Å². The van der Waals surface area contributed by atoms with E-state index in [9.17, 15) is 0 Å². The summed E-state index contributed by atoms with van der Waals surface area (Å²) >= 11 is 0. The maximum Gasteiger partial charge on any atom is 0.108 e. The van der Waals surface area contributed by atoms with E-state index in [0.29, 0.717) is 11.8 Å². The minimum Gasteiger partial charge on any atom is -0.376 e. The van der Waals surface area contributed by atoms with Crippen molar-refractivity contribution in [2.75, 3.05) is 7.11 Å². The zero-order chi connectivity index (χ0) is 13.9. The molecule has 0 aromatic carbocycles. The predicted octanol–water partition coefficient (Wildman–Crippen LogP) is 2.51. The summed E-state index contributed by atoms with van der Waals surface area (Å²) in [7, 11) is 1.70. The lowest BCUT2D eigenvalue weighted by Crippen LogP contribution is -2.56. The molecule has 3 heteroatoms. The Bertz CT molecular complexity index is 320. The Morgan fingerprint density at radius 1 is 1.44 bits per heavy atom. The second-order valence-electron chi connectivity index (χ2n) is 5.97. The normalized spacial score (nSPS) is 36.1. The number of ether oxygens (including phenoxy) is 2. The number of hydrogen-bond donors (Lipinski definition) is 1. The fraction of sp³-hybridized carbons (Fsp3) is 0.800. The van der Waals surface area contributed by atoms with E-state index in [1.165, 1.54) is 0 Å². The Morgan fingerprint density at radius 2 is 2.06 bits per heavy atom. The van der Waals surface area contributed by atoms with E-state index >= 15 is 0 Å². The minimum absolute atomic E-state index is 0.0389. The van der Waals surface area contributed by atoms with E-state index < -0.39 is 5.54 Å². The molecular weight excluding hydrogens is 226 g/mol. The summed E-state index contributed by atoms with van der Waals surface area (Å²) in [5.41, 5.74) is 8.71. The largest absolute Gasteiger partial charge is 0.376 e. The van der Waals surface area contributed by atoms with Crippen LogP contribution in [0.15, 0.2) is 18.4 Å². The molecule has 0 amide bonds. The predicted molar refractivity (Wildman–Crippen MR) is 74.4 cm³/mol. The van der Waals surface area contributed by atoms with Gasteiger partial charge in [-0.25, -0.2) is 0 Å². The lowest BCUT2D eigenvalue weighted by molar-refractivity contribution is -0.0264. The molecule has 18 heavy (non-hydrogen) atoms. The summed E-state index contributed by atoms with van der Waals surface area (Å²) in [4.78, 5) is 0. The van der Waals surface area contributed by atoms with E-state index in [-0.39, 0.29) is 18.3 Å². The molecule has 1 heterocycles. The van der Waals surface area contributed by atoms with E-state index in [0.717, 1.165) is 6.42 Å². The van der Waals surface area contributed by atoms with E-state index in [2.05, 4.69) is 40.0 Å². The van der Waals surface area contributed by atoms with Crippen LogP contribution in [-0.4, -0.2) is 31.0 Å². The second kappa shape index (κ2) is 6.03. The molecule has 1 saturated heterocycles. The Morgan fingerprint density at radius 3 is 2.44 bits per heavy atom. The van der Waals surface area contributed by atoms with Gasteiger partial charge in [0.05, 0.1) is 17.7 Å². The Kier molecular flexibility index (Phi) is 5.18. The standard InChI is InChI=1S/C15H27NO2/c1-7-8-15(16)13(11(4)5)18-12(9-10(2)3)14(15)17-6/h8,10-14H,1,9,16H2,2-6H3/t12-,13+,14-,15+/m1/s1. The van der Waals surface area contributed by atoms with Crippen LogP contribution >= 0.6 is 0 Å². The van der Waals surface area contributed by atoms with Crippen molar-refractivity contribution >= 4 is 0 Å². The van der Waals surface area contributed by atoms with Crippen molar-refractivity contribution in [1.82, 2.24) is 0 Å². The van der Waals surface area contributed by atoms with Crippen LogP contribution in [0.4, 0.5) is 0 Å². The Hall–Kier alpha value is -0.600. The molecular formula is C15H27NO2. The molecule has 1 aliphatic heterocycles. The van der Waals surface area contributed by atoms with Crippen molar-refractivity contribution in [3.63, 3.8) is 0 Å². The van der Waals surface area contributed by atoms with E-state index in [1.807, 2.05) is 6.08 Å². The molecule has 1 aliphatic rings. The zero-order valence-corrected chi connectivity index (χ0v) is 12.3. The van der Waals surface area contributed by atoms with Gasteiger partial charge in [-0.15, -0.1) is 5.73 Å². The SMILES string of the molecule is C=C=C[C@@]1(N)[C@H](OC)[C@@H](CC(C)C)O[C@H]1C(C)C. The summed E-state index contributed by atoms with van der Waals surface area (Å²) < 4.78 is 11.8. The molecule has 4 atom stereocenters. The highest BCUT2D eigenvalue weighted by atomic mass is 16.6. The third kappa shape index (κ3) is 2.86. The van der Waals surface area contributed by atoms with Gasteiger partial charge in [0.25, 0.3) is 0 Å². The third-order valence-corrected chi connectivity index (χ3v) is 3.56. The van der Waals surface area contributed by atoms with E-state index in [1.54, 1.807) is 7.11 Å². The molecule has 0 aromatic heterocycles. The molecule has 0 spiro atoms. The average molecular weight is 253 g/mol. The van der Waals surface area contributed by atoms with E-state index in [4.69, 9.17) is 15.2 Å². The highest BCUT2D eigenvalue weighted by Gasteiger charge is 2.54. The summed E-state index contributed by atoms with van der Waals surface area (Å²) in [6.07, 6.45) is 2.61. The molecule has 1 fully saturated rings. The van der Waals surface area contributed by atoms with Gasteiger partial charge >= 0.3 is 0 Å². The maximum atomic E-state index is 6.53. The van der Waals surface area contributed by atoms with Crippen LogP contribution in [0, 0.1) is 11.8 Å². The van der Waals surface area contributed by atoms with Gasteiger partial charge in [-0.1, -0.05) is 34.3 Å². The van der Waals surface area contributed by atoms with Gasteiger partial charge in [0.2, 0.25) is 0 Å². The highest BCUT2D eigenvalue weighted by Crippen LogP contribution is 2.38. The van der Waals surface area contributed by atoms with Crippen molar-refractivity contribution in [2.45, 2.75) is 58.0 Å². The fourth-order valence-corrected chi connectivity index (χ4v) is 2.94. The van der Waals surface area contributed by atoms with Gasteiger partial charge in [0.1, 0.15) is 6.10 Å². The first-order valence-corrected chi connectivity index (χ1v) is 6.70. The lowest BCUT2D eigenvalue weighted by Gasteiger charge is -2.32. The van der Waals surface area contributed by atoms with Gasteiger partial charge in [-0.3, -0.25) is 0 Å². The second-order valence-corrected chi connectivity index (χ2v) is 5.97. The third-order valence-electron chi connectivity index (χ3n) is 3.56. The first-order chi connectivity index (χ1) is 8.36. The van der Waals surface area contributed by atoms with Gasteiger partial charge in [0.15, 0.2) is 0 Å². The van der Waals surface area contributed by atoms with Crippen LogP contribution in [-0.2, 0) is 9.47 Å². The van der Waals surface area contributed by atoms with Crippen LogP contribution in [0.1, 0.15) is 34.1 Å². The number of rotatable bonds is 5. The first kappa shape index (κ1) is 15.5. The molecule has 0 aliphatic carbocycles. The molecule has 0 saturated carbocycles. The van der Waals surface area contributed by atoms with Crippen molar-refractivity contribution in [1.29, 1.82) is 0 Å². The smallest absolute Gasteiger partial charge is 0.108 e. The van der Waals surface area contributed by atoms with Gasteiger partial charge in [-0.2, -0.15) is 0 Å². The van der Waals surface area contributed by atoms with Gasteiger partial charge < -0.3 is 15.2 Å². The van der Waals surface area contributed by atoms with Gasteiger partial charge in [0, 0.05) is 7.11 Å². The maximum absolute atomic E-state index is 6.53. The molecule has 0 aromatic rings. The molecule has 1 rings (SSSR count). The lowest BCUT2D eigenvalue weighted by atomic mass is 9.81. The molecule has 0 unspecified atom stereocenters. The molecule has 104 valence electrons. The molecule has 2 N–H and O–H groups in total. The zero-order valence-electron chi connectivity index (χ0n) is 12.3. The number of hydrogen-bond acceptors (Lipinski definition) is 3. The van der Waals surface area contributed by atoms with Crippen LogP contribution in [0.3, 0.4) is 0 Å². The monoisotopic (exact) mass is 253 g/mol. The fourth-order valence-electron chi connectivity index (χ4n) is 2.94. The summed E-state index contributed by atoms with van der Waals surface area (Å²) in [5.74, 6) is 0.880. The summed E-state index contributed by atoms with van der Waals surface area (Å²) in [6.45, 7) is 12.2. The highest BCUT2D eigenvalue weighted by molar-refractivity contribution is 5.19. The quantitative estimate of drug-likeness (QED) is 0.766. The van der Waals surface area contributed by atoms with Crippen molar-refractivity contribution < 1.29 is 9.47 Å². The summed E-state index contributed by atoms with van der Waals surface area (Å²) in [6, 6.07) is 0. The Labute approximate surface area is 111 Å². The molecule has 0 bridgehead atoms. The molecule has 0 radical (unpaired) electrons. The Balaban J connectivity index is 3.06. The van der Waals surface area contributed by atoms with Crippen LogP contribution in [0.5, 0.6) is 0 Å². The van der Waals surface area contributed by atoms with Gasteiger partial charge in [-0.05, 0) is 24.3 Å². The van der Waals surface area contributed by atoms with Crippen molar-refractivity contribution in [2.24, 2.45) is 17.6 Å². The number of methoxy groups -OCH3 is 1. The van der Waals surface area contributed by atoms with Crippen LogP contribution < -0.4 is 5.73 Å². The molecule has 3 nitrogen and oxygen atoms in total. The van der Waals surface area contributed by atoms with Crippen molar-refractivity contribution in [3.05, 3.63) is 18.4 Å².